The van der Waals surface area contributed by atoms with Gasteiger partial charge in [-0.1, -0.05) is 168 Å². The average Bonchev–Trinajstić information content (AvgIpc) is 3.04. The van der Waals surface area contributed by atoms with Crippen molar-refractivity contribution in [2.75, 3.05) is 32.7 Å². The summed E-state index contributed by atoms with van der Waals surface area (Å²) in [6.45, 7) is 8.19. The van der Waals surface area contributed by atoms with Gasteiger partial charge >= 0.3 is 0 Å². The van der Waals surface area contributed by atoms with Gasteiger partial charge < -0.3 is 26.6 Å². The molecular formula is C38H82N4O4. The summed E-state index contributed by atoms with van der Waals surface area (Å²) in [4.78, 5) is 0. The first-order chi connectivity index (χ1) is 22.4. The quantitative estimate of drug-likeness (QED) is 0.0198. The van der Waals surface area contributed by atoms with Crippen LogP contribution in [0.4, 0.5) is 0 Å². The Balaban J connectivity index is 4.78. The van der Waals surface area contributed by atoms with E-state index in [9.17, 15) is 20.6 Å². The number of hydrogen-bond acceptors (Lipinski definition) is 8. The second kappa shape index (κ2) is 33.2. The van der Waals surface area contributed by atoms with Gasteiger partial charge in [-0.2, -0.15) is 0 Å². The highest BCUT2D eigenvalue weighted by Crippen LogP contribution is 2.41. The molecule has 0 aromatic heterocycles. The molecule has 0 spiro atoms. The predicted octanol–water partition coefficient (Wildman–Crippen LogP) is 9.18. The number of nitrogens with one attached hydrogen (secondary N) is 2. The zero-order valence-electron chi connectivity index (χ0n) is 30.9. The van der Waals surface area contributed by atoms with E-state index in [2.05, 4.69) is 24.5 Å². The Bertz CT molecular complexity index is 581. The third kappa shape index (κ3) is 24.8. The summed E-state index contributed by atoms with van der Waals surface area (Å²) >= 11 is 0. The van der Waals surface area contributed by atoms with Gasteiger partial charge in [-0.25, -0.2) is 0 Å². The standard InChI is InChI=1S/C38H82N4O4/c1-3-5-7-9-11-13-15-17-19-21-23-25-30-37(38(43,44)42(45)46,36-41-34-28-27-33-40-35-29-32-39)31-26-24-22-20-18-16-14-12-10-8-6-4-2/h40-41,43-46H,3-36,39H2,1-2H3. The van der Waals surface area contributed by atoms with Crippen molar-refractivity contribution in [3.63, 3.8) is 0 Å². The van der Waals surface area contributed by atoms with Crippen molar-refractivity contribution in [1.82, 2.24) is 15.9 Å². The van der Waals surface area contributed by atoms with Gasteiger partial charge in [-0.3, -0.25) is 10.4 Å². The molecule has 0 unspecified atom stereocenters. The number of aliphatic hydroxyl groups is 2. The molecule has 0 rings (SSSR count). The van der Waals surface area contributed by atoms with Crippen molar-refractivity contribution < 1.29 is 20.6 Å². The third-order valence-corrected chi connectivity index (χ3v) is 9.99. The Morgan fingerprint density at radius 1 is 0.457 bits per heavy atom. The number of hydrogen-bond donors (Lipinski definition) is 7. The topological polar surface area (TPSA) is 134 Å². The van der Waals surface area contributed by atoms with E-state index >= 15 is 0 Å². The van der Waals surface area contributed by atoms with Crippen LogP contribution >= 0.6 is 0 Å². The summed E-state index contributed by atoms with van der Waals surface area (Å²) in [5.74, 6) is -2.71. The van der Waals surface area contributed by atoms with Crippen molar-refractivity contribution in [3.8, 4) is 0 Å². The Labute approximate surface area is 286 Å². The fourth-order valence-electron chi connectivity index (χ4n) is 6.76. The summed E-state index contributed by atoms with van der Waals surface area (Å²) < 4.78 is 0. The Morgan fingerprint density at radius 2 is 0.783 bits per heavy atom. The number of rotatable bonds is 38. The van der Waals surface area contributed by atoms with Crippen LogP contribution in [0.2, 0.25) is 0 Å². The highest BCUT2D eigenvalue weighted by atomic mass is 16.8. The molecule has 0 fully saturated rings. The van der Waals surface area contributed by atoms with Crippen molar-refractivity contribution >= 4 is 0 Å². The first kappa shape index (κ1) is 45.7. The minimum Gasteiger partial charge on any atom is -0.350 e. The van der Waals surface area contributed by atoms with Gasteiger partial charge in [0.25, 0.3) is 5.91 Å². The molecule has 8 heteroatoms. The van der Waals surface area contributed by atoms with Crippen LogP contribution in [-0.2, 0) is 0 Å². The molecule has 0 aromatic rings. The molecule has 0 saturated heterocycles. The molecule has 0 heterocycles. The average molecular weight is 659 g/mol. The fourth-order valence-corrected chi connectivity index (χ4v) is 6.76. The molecule has 8 N–H and O–H groups in total. The first-order valence-electron chi connectivity index (χ1n) is 20.1. The van der Waals surface area contributed by atoms with Crippen LogP contribution in [0.1, 0.15) is 200 Å². The largest absolute Gasteiger partial charge is 0.350 e. The summed E-state index contributed by atoms with van der Waals surface area (Å²) in [7, 11) is 0. The van der Waals surface area contributed by atoms with Gasteiger partial charge in [-0.05, 0) is 63.5 Å². The second-order valence-electron chi connectivity index (χ2n) is 14.3. The zero-order valence-corrected chi connectivity index (χ0v) is 30.9. The molecule has 0 saturated carbocycles. The highest BCUT2D eigenvalue weighted by Gasteiger charge is 2.52. The van der Waals surface area contributed by atoms with Crippen LogP contribution in [0, 0.1) is 5.41 Å². The van der Waals surface area contributed by atoms with Crippen LogP contribution < -0.4 is 16.4 Å². The van der Waals surface area contributed by atoms with E-state index in [1.54, 1.807) is 0 Å². The molecule has 0 radical (unpaired) electrons. The Kier molecular flexibility index (Phi) is 33.0. The minimum atomic E-state index is -2.71. The lowest BCUT2D eigenvalue weighted by molar-refractivity contribution is -0.506. The summed E-state index contributed by atoms with van der Waals surface area (Å²) in [5.41, 5.74) is 4.50. The van der Waals surface area contributed by atoms with Crippen LogP contribution in [0.3, 0.4) is 0 Å². The van der Waals surface area contributed by atoms with Gasteiger partial charge in [0.1, 0.15) is 0 Å². The molecule has 278 valence electrons. The molecule has 0 aliphatic heterocycles. The fraction of sp³-hybridized carbons (Fsp3) is 1.00. The van der Waals surface area contributed by atoms with Crippen molar-refractivity contribution in [3.05, 3.63) is 0 Å². The molecule has 46 heavy (non-hydrogen) atoms. The molecule has 0 amide bonds. The van der Waals surface area contributed by atoms with E-state index in [0.717, 1.165) is 77.4 Å². The van der Waals surface area contributed by atoms with Gasteiger partial charge in [0, 0.05) is 6.54 Å². The SMILES string of the molecule is CCCCCCCCCCCCCCC(CCCCCCCCCCCCCC)(CNCCCCNCCCN)C(O)(O)N(O)O. The smallest absolute Gasteiger partial charge is 0.279 e. The van der Waals surface area contributed by atoms with Gasteiger partial charge in [0.2, 0.25) is 0 Å². The molecule has 0 bridgehead atoms. The molecule has 0 aromatic carbocycles. The second-order valence-corrected chi connectivity index (χ2v) is 14.3. The molecule has 0 aliphatic rings. The lowest BCUT2D eigenvalue weighted by Crippen LogP contribution is -2.61. The highest BCUT2D eigenvalue weighted by molar-refractivity contribution is 4.90. The molecule has 0 aliphatic carbocycles. The number of hydroxylamine groups is 2. The molecule has 0 atom stereocenters. The first-order valence-corrected chi connectivity index (χ1v) is 20.1. The van der Waals surface area contributed by atoms with E-state index in [-0.39, 0.29) is 5.23 Å². The lowest BCUT2D eigenvalue weighted by Gasteiger charge is -2.45. The van der Waals surface area contributed by atoms with E-state index in [0.29, 0.717) is 25.9 Å². The Morgan fingerprint density at radius 3 is 1.13 bits per heavy atom. The number of nitrogens with two attached hydrogens (primary N) is 1. The Hall–Kier alpha value is -0.320. The van der Waals surface area contributed by atoms with Crippen LogP contribution in [-0.4, -0.2) is 64.5 Å². The van der Waals surface area contributed by atoms with Crippen molar-refractivity contribution in [1.29, 1.82) is 0 Å². The number of nitrogens with zero attached hydrogens (tertiary/aromatic N) is 1. The summed E-state index contributed by atoms with van der Waals surface area (Å²) in [5, 5.41) is 48.7. The summed E-state index contributed by atoms with van der Waals surface area (Å²) in [6, 6.07) is 0. The maximum atomic E-state index is 11.1. The predicted molar refractivity (Wildman–Crippen MR) is 195 cm³/mol. The normalized spacial score (nSPS) is 12.5. The van der Waals surface area contributed by atoms with Crippen molar-refractivity contribution in [2.45, 2.75) is 206 Å². The van der Waals surface area contributed by atoms with Crippen LogP contribution in [0.25, 0.3) is 0 Å². The van der Waals surface area contributed by atoms with E-state index in [1.807, 2.05) is 0 Å². The van der Waals surface area contributed by atoms with E-state index in [4.69, 9.17) is 5.73 Å². The number of unbranched alkanes of at least 4 members (excludes halogenated alkanes) is 23. The van der Waals surface area contributed by atoms with Crippen LogP contribution in [0.5, 0.6) is 0 Å². The zero-order chi connectivity index (χ0) is 34.0. The van der Waals surface area contributed by atoms with Gasteiger partial charge in [-0.15, -0.1) is 0 Å². The molecule has 8 nitrogen and oxygen atoms in total. The lowest BCUT2D eigenvalue weighted by atomic mass is 9.74. The monoisotopic (exact) mass is 659 g/mol. The van der Waals surface area contributed by atoms with Gasteiger partial charge in [0.05, 0.1) is 5.41 Å². The van der Waals surface area contributed by atoms with E-state index in [1.165, 1.54) is 116 Å². The van der Waals surface area contributed by atoms with Crippen molar-refractivity contribution in [2.24, 2.45) is 11.1 Å². The third-order valence-electron chi connectivity index (χ3n) is 9.99. The summed E-state index contributed by atoms with van der Waals surface area (Å²) in [6.07, 6.45) is 33.8. The van der Waals surface area contributed by atoms with Gasteiger partial charge in [0.15, 0.2) is 0 Å². The van der Waals surface area contributed by atoms with Crippen LogP contribution in [0.15, 0.2) is 0 Å². The maximum Gasteiger partial charge on any atom is 0.279 e. The maximum absolute atomic E-state index is 11.1. The minimum absolute atomic E-state index is 0.342. The molecular weight excluding hydrogens is 576 g/mol. The van der Waals surface area contributed by atoms with E-state index < -0.39 is 11.3 Å².